The molecular formula is C18H30O3. The molecule has 1 N–H and O–H groups in total. The third kappa shape index (κ3) is 5.96. The van der Waals surface area contributed by atoms with Gasteiger partial charge in [0.05, 0.1) is 14.2 Å². The number of rotatable bonds is 10. The largest absolute Gasteiger partial charge is 0.496 e. The molecule has 0 unspecified atom stereocenters. The van der Waals surface area contributed by atoms with Crippen molar-refractivity contribution in [1.82, 2.24) is 0 Å². The predicted octanol–water partition coefficient (Wildman–Crippen LogP) is 4.00. The van der Waals surface area contributed by atoms with Crippen LogP contribution in [0, 0.1) is 5.92 Å². The molecule has 0 radical (unpaired) electrons. The first-order valence-electron chi connectivity index (χ1n) is 7.97. The van der Waals surface area contributed by atoms with Crippen LogP contribution in [0.5, 0.6) is 11.5 Å². The van der Waals surface area contributed by atoms with E-state index in [1.54, 1.807) is 14.2 Å². The molecule has 0 aliphatic heterocycles. The molecule has 0 aliphatic rings. The summed E-state index contributed by atoms with van der Waals surface area (Å²) in [7, 11) is 3.47. The first-order chi connectivity index (χ1) is 10.1. The zero-order chi connectivity index (χ0) is 15.7. The molecule has 0 saturated carbocycles. The van der Waals surface area contributed by atoms with E-state index in [-0.39, 0.29) is 0 Å². The number of ether oxygens (including phenoxy) is 2. The summed E-state index contributed by atoms with van der Waals surface area (Å²) in [6.07, 6.45) is 6.22. The van der Waals surface area contributed by atoms with E-state index < -0.39 is 0 Å². The summed E-state index contributed by atoms with van der Waals surface area (Å²) >= 11 is 0. The molecule has 0 heterocycles. The van der Waals surface area contributed by atoms with Gasteiger partial charge in [0.15, 0.2) is 0 Å². The summed E-state index contributed by atoms with van der Waals surface area (Å²) in [5, 5.41) is 8.80. The molecule has 0 spiro atoms. The van der Waals surface area contributed by atoms with Crippen molar-refractivity contribution in [3.63, 3.8) is 0 Å². The number of aliphatic hydroxyl groups is 1. The van der Waals surface area contributed by atoms with E-state index in [9.17, 15) is 0 Å². The van der Waals surface area contributed by atoms with Gasteiger partial charge in [0.1, 0.15) is 11.5 Å². The lowest BCUT2D eigenvalue weighted by Gasteiger charge is -2.16. The Morgan fingerprint density at radius 1 is 0.905 bits per heavy atom. The molecule has 1 aromatic rings. The highest BCUT2D eigenvalue weighted by Gasteiger charge is 2.12. The monoisotopic (exact) mass is 294 g/mol. The van der Waals surface area contributed by atoms with Gasteiger partial charge in [0.25, 0.3) is 0 Å². The SMILES string of the molecule is COc1cc(CC(C)C)c(OC)cc1CCCCCCO. The van der Waals surface area contributed by atoms with Gasteiger partial charge in [-0.15, -0.1) is 0 Å². The average molecular weight is 294 g/mol. The van der Waals surface area contributed by atoms with Crippen molar-refractivity contribution in [2.24, 2.45) is 5.92 Å². The van der Waals surface area contributed by atoms with Gasteiger partial charge in [0, 0.05) is 6.61 Å². The van der Waals surface area contributed by atoms with Crippen molar-refractivity contribution < 1.29 is 14.6 Å². The summed E-state index contributed by atoms with van der Waals surface area (Å²) < 4.78 is 11.1. The lowest BCUT2D eigenvalue weighted by atomic mass is 9.97. The van der Waals surface area contributed by atoms with E-state index >= 15 is 0 Å². The third-order valence-electron chi connectivity index (χ3n) is 3.67. The van der Waals surface area contributed by atoms with E-state index in [2.05, 4.69) is 26.0 Å². The van der Waals surface area contributed by atoms with Crippen molar-refractivity contribution in [1.29, 1.82) is 0 Å². The minimum Gasteiger partial charge on any atom is -0.496 e. The Hall–Kier alpha value is -1.22. The topological polar surface area (TPSA) is 38.7 Å². The van der Waals surface area contributed by atoms with Crippen molar-refractivity contribution in [3.05, 3.63) is 23.3 Å². The molecule has 3 nitrogen and oxygen atoms in total. The van der Waals surface area contributed by atoms with Crippen LogP contribution in [0.1, 0.15) is 50.7 Å². The summed E-state index contributed by atoms with van der Waals surface area (Å²) in [4.78, 5) is 0. The van der Waals surface area contributed by atoms with Crippen LogP contribution >= 0.6 is 0 Å². The maximum Gasteiger partial charge on any atom is 0.122 e. The van der Waals surface area contributed by atoms with Gasteiger partial charge in [-0.2, -0.15) is 0 Å². The van der Waals surface area contributed by atoms with Gasteiger partial charge in [-0.3, -0.25) is 0 Å². The lowest BCUT2D eigenvalue weighted by molar-refractivity contribution is 0.282. The van der Waals surface area contributed by atoms with Crippen LogP contribution in [0.2, 0.25) is 0 Å². The Morgan fingerprint density at radius 3 is 2.05 bits per heavy atom. The van der Waals surface area contributed by atoms with Gasteiger partial charge in [-0.05, 0) is 54.9 Å². The Labute approximate surface area is 129 Å². The van der Waals surface area contributed by atoms with Crippen molar-refractivity contribution in [3.8, 4) is 11.5 Å². The molecule has 0 bridgehead atoms. The Balaban J connectivity index is 2.78. The first-order valence-corrected chi connectivity index (χ1v) is 7.97. The van der Waals surface area contributed by atoms with Gasteiger partial charge in [-0.25, -0.2) is 0 Å². The second-order valence-corrected chi connectivity index (χ2v) is 5.96. The normalized spacial score (nSPS) is 11.0. The number of methoxy groups -OCH3 is 2. The van der Waals surface area contributed by atoms with Crippen LogP contribution in [0.15, 0.2) is 12.1 Å². The summed E-state index contributed by atoms with van der Waals surface area (Å²) in [6.45, 7) is 4.71. The highest BCUT2D eigenvalue weighted by atomic mass is 16.5. The van der Waals surface area contributed by atoms with Gasteiger partial charge in [0.2, 0.25) is 0 Å². The van der Waals surface area contributed by atoms with E-state index in [4.69, 9.17) is 14.6 Å². The Morgan fingerprint density at radius 2 is 1.48 bits per heavy atom. The van der Waals surface area contributed by atoms with Gasteiger partial charge in [-0.1, -0.05) is 26.7 Å². The van der Waals surface area contributed by atoms with Crippen molar-refractivity contribution in [2.45, 2.75) is 52.4 Å². The fourth-order valence-electron chi connectivity index (χ4n) is 2.60. The molecule has 0 aromatic heterocycles. The molecule has 0 amide bonds. The van der Waals surface area contributed by atoms with Crippen LogP contribution in [0.25, 0.3) is 0 Å². The van der Waals surface area contributed by atoms with Crippen molar-refractivity contribution >= 4 is 0 Å². The maximum absolute atomic E-state index is 8.80. The average Bonchev–Trinajstić information content (AvgIpc) is 2.47. The Bertz CT molecular complexity index is 413. The fourth-order valence-corrected chi connectivity index (χ4v) is 2.60. The number of aryl methyl sites for hydroxylation is 1. The molecule has 0 fully saturated rings. The maximum atomic E-state index is 8.80. The minimum atomic E-state index is 0.293. The molecule has 21 heavy (non-hydrogen) atoms. The summed E-state index contributed by atoms with van der Waals surface area (Å²) in [6, 6.07) is 4.25. The van der Waals surface area contributed by atoms with Crippen LogP contribution in [-0.2, 0) is 12.8 Å². The quantitative estimate of drug-likeness (QED) is 0.663. The van der Waals surface area contributed by atoms with Gasteiger partial charge >= 0.3 is 0 Å². The zero-order valence-electron chi connectivity index (χ0n) is 13.9. The van der Waals surface area contributed by atoms with Crippen molar-refractivity contribution in [2.75, 3.05) is 20.8 Å². The van der Waals surface area contributed by atoms with Crippen LogP contribution in [0.4, 0.5) is 0 Å². The smallest absolute Gasteiger partial charge is 0.122 e. The zero-order valence-corrected chi connectivity index (χ0v) is 13.9. The molecule has 1 rings (SSSR count). The number of hydrogen-bond acceptors (Lipinski definition) is 3. The molecular weight excluding hydrogens is 264 g/mol. The second-order valence-electron chi connectivity index (χ2n) is 5.96. The number of hydrogen-bond donors (Lipinski definition) is 1. The molecule has 0 aliphatic carbocycles. The molecule has 0 saturated heterocycles. The van der Waals surface area contributed by atoms with E-state index in [0.29, 0.717) is 12.5 Å². The first kappa shape index (κ1) is 17.8. The molecule has 1 aromatic carbocycles. The van der Waals surface area contributed by atoms with Crippen LogP contribution in [-0.4, -0.2) is 25.9 Å². The van der Waals surface area contributed by atoms with Gasteiger partial charge < -0.3 is 14.6 Å². The number of aliphatic hydroxyl groups excluding tert-OH is 1. The highest BCUT2D eigenvalue weighted by Crippen LogP contribution is 2.31. The lowest BCUT2D eigenvalue weighted by Crippen LogP contribution is -2.02. The third-order valence-corrected chi connectivity index (χ3v) is 3.67. The summed E-state index contributed by atoms with van der Waals surface area (Å²) in [5.41, 5.74) is 2.43. The van der Waals surface area contributed by atoms with E-state index in [0.717, 1.165) is 50.0 Å². The molecule has 120 valence electrons. The Kier molecular flexibility index (Phi) is 8.21. The molecule has 0 atom stereocenters. The van der Waals surface area contributed by atoms with E-state index in [1.165, 1.54) is 11.1 Å². The molecule has 3 heteroatoms. The number of unbranched alkanes of at least 4 members (excludes halogenated alkanes) is 3. The standard InChI is InChI=1S/C18H30O3/c1-14(2)11-16-13-17(20-3)15(12-18(16)21-4)9-7-5-6-8-10-19/h12-14,19H,5-11H2,1-4H3. The van der Waals surface area contributed by atoms with Crippen LogP contribution < -0.4 is 9.47 Å². The minimum absolute atomic E-state index is 0.293. The fraction of sp³-hybridized carbons (Fsp3) is 0.667. The van der Waals surface area contributed by atoms with E-state index in [1.807, 2.05) is 0 Å². The summed E-state index contributed by atoms with van der Waals surface area (Å²) in [5.74, 6) is 2.52. The second kappa shape index (κ2) is 9.67. The highest BCUT2D eigenvalue weighted by molar-refractivity contribution is 5.46. The predicted molar refractivity (Wildman–Crippen MR) is 87.3 cm³/mol. The van der Waals surface area contributed by atoms with Crippen LogP contribution in [0.3, 0.4) is 0 Å². The number of benzene rings is 1.